The highest BCUT2D eigenvalue weighted by molar-refractivity contribution is 9.10. The standard InChI is InChI=1S/C10H11Br2NO/c1-7-6-8(2-3-9(7)12)13-10(14)4-5-11/h2-3,6H,4-5H2,1H3,(H,13,14). The van der Waals surface area contributed by atoms with E-state index in [0.717, 1.165) is 15.7 Å². The van der Waals surface area contributed by atoms with Gasteiger partial charge in [0.2, 0.25) is 5.91 Å². The van der Waals surface area contributed by atoms with Gasteiger partial charge in [-0.2, -0.15) is 0 Å². The highest BCUT2D eigenvalue weighted by Crippen LogP contribution is 2.19. The molecule has 1 N–H and O–H groups in total. The molecule has 0 fully saturated rings. The molecule has 0 radical (unpaired) electrons. The van der Waals surface area contributed by atoms with E-state index in [1.165, 1.54) is 0 Å². The second-order valence-electron chi connectivity index (χ2n) is 2.95. The Morgan fingerprint density at radius 2 is 2.21 bits per heavy atom. The van der Waals surface area contributed by atoms with E-state index in [1.54, 1.807) is 0 Å². The second kappa shape index (κ2) is 5.51. The van der Waals surface area contributed by atoms with Crippen molar-refractivity contribution in [3.8, 4) is 0 Å². The van der Waals surface area contributed by atoms with Crippen molar-refractivity contribution in [2.45, 2.75) is 13.3 Å². The Bertz CT molecular complexity index is 339. The number of hydrogen-bond acceptors (Lipinski definition) is 1. The maximum absolute atomic E-state index is 11.3. The lowest BCUT2D eigenvalue weighted by atomic mass is 10.2. The predicted molar refractivity (Wildman–Crippen MR) is 65.9 cm³/mol. The van der Waals surface area contributed by atoms with Crippen LogP contribution in [-0.2, 0) is 4.79 Å². The first-order valence-electron chi connectivity index (χ1n) is 4.25. The lowest BCUT2D eigenvalue weighted by Crippen LogP contribution is -2.11. The molecule has 0 aliphatic carbocycles. The fourth-order valence-electron chi connectivity index (χ4n) is 1.03. The van der Waals surface area contributed by atoms with Gasteiger partial charge in [-0.3, -0.25) is 4.79 Å². The molecule has 76 valence electrons. The number of alkyl halides is 1. The maximum Gasteiger partial charge on any atom is 0.225 e. The number of carbonyl (C=O) groups excluding carboxylic acids is 1. The van der Waals surface area contributed by atoms with Crippen molar-refractivity contribution in [2.75, 3.05) is 10.6 Å². The van der Waals surface area contributed by atoms with Crippen LogP contribution >= 0.6 is 31.9 Å². The van der Waals surface area contributed by atoms with Crippen LogP contribution in [0.25, 0.3) is 0 Å². The summed E-state index contributed by atoms with van der Waals surface area (Å²) in [5.41, 5.74) is 1.96. The Kier molecular flexibility index (Phi) is 4.62. The first-order chi connectivity index (χ1) is 6.63. The molecular weight excluding hydrogens is 310 g/mol. The summed E-state index contributed by atoms with van der Waals surface area (Å²) in [6.45, 7) is 1.99. The van der Waals surface area contributed by atoms with Crippen molar-refractivity contribution in [1.82, 2.24) is 0 Å². The van der Waals surface area contributed by atoms with Crippen molar-refractivity contribution in [3.05, 3.63) is 28.2 Å². The Morgan fingerprint density at radius 3 is 2.79 bits per heavy atom. The molecule has 0 spiro atoms. The molecule has 0 aromatic heterocycles. The van der Waals surface area contributed by atoms with Crippen LogP contribution in [0.3, 0.4) is 0 Å². The lowest BCUT2D eigenvalue weighted by Gasteiger charge is -2.05. The summed E-state index contributed by atoms with van der Waals surface area (Å²) in [5, 5.41) is 3.51. The topological polar surface area (TPSA) is 29.1 Å². The van der Waals surface area contributed by atoms with E-state index in [9.17, 15) is 4.79 Å². The Balaban J connectivity index is 2.68. The molecule has 1 amide bonds. The summed E-state index contributed by atoms with van der Waals surface area (Å²) in [7, 11) is 0. The minimum atomic E-state index is 0.0311. The van der Waals surface area contributed by atoms with Gasteiger partial charge in [-0.15, -0.1) is 0 Å². The highest BCUT2D eigenvalue weighted by Gasteiger charge is 2.02. The van der Waals surface area contributed by atoms with Crippen LogP contribution < -0.4 is 5.32 Å². The van der Waals surface area contributed by atoms with Crippen LogP contribution in [0.2, 0.25) is 0 Å². The van der Waals surface area contributed by atoms with Crippen molar-refractivity contribution < 1.29 is 4.79 Å². The van der Waals surface area contributed by atoms with Gasteiger partial charge >= 0.3 is 0 Å². The fourth-order valence-corrected chi connectivity index (χ4v) is 1.64. The number of anilines is 1. The van der Waals surface area contributed by atoms with Gasteiger partial charge in [-0.25, -0.2) is 0 Å². The quantitative estimate of drug-likeness (QED) is 0.849. The number of nitrogens with one attached hydrogen (secondary N) is 1. The first kappa shape index (κ1) is 11.7. The normalized spacial score (nSPS) is 9.93. The molecule has 14 heavy (non-hydrogen) atoms. The molecule has 0 unspecified atom stereocenters. The zero-order valence-corrected chi connectivity index (χ0v) is 11.0. The van der Waals surface area contributed by atoms with E-state index in [-0.39, 0.29) is 5.91 Å². The molecule has 0 saturated heterocycles. The number of rotatable bonds is 3. The summed E-state index contributed by atoms with van der Waals surface area (Å²) in [5.74, 6) is 0.0311. The molecule has 0 heterocycles. The van der Waals surface area contributed by atoms with Crippen LogP contribution in [0.1, 0.15) is 12.0 Å². The lowest BCUT2D eigenvalue weighted by molar-refractivity contribution is -0.115. The zero-order chi connectivity index (χ0) is 10.6. The van der Waals surface area contributed by atoms with E-state index in [0.29, 0.717) is 11.8 Å². The third kappa shape index (κ3) is 3.42. The van der Waals surface area contributed by atoms with Gasteiger partial charge in [-0.05, 0) is 30.7 Å². The van der Waals surface area contributed by atoms with E-state index in [4.69, 9.17) is 0 Å². The molecular formula is C10H11Br2NO. The Hall–Kier alpha value is -0.350. The number of aryl methyl sites for hydroxylation is 1. The monoisotopic (exact) mass is 319 g/mol. The van der Waals surface area contributed by atoms with Crippen molar-refractivity contribution in [1.29, 1.82) is 0 Å². The number of hydrogen-bond donors (Lipinski definition) is 1. The smallest absolute Gasteiger partial charge is 0.225 e. The second-order valence-corrected chi connectivity index (χ2v) is 4.60. The van der Waals surface area contributed by atoms with Gasteiger partial charge in [0.05, 0.1) is 0 Å². The van der Waals surface area contributed by atoms with Crippen LogP contribution in [0, 0.1) is 6.92 Å². The number of carbonyl (C=O) groups is 1. The molecule has 0 aliphatic heterocycles. The molecule has 2 nitrogen and oxygen atoms in total. The van der Waals surface area contributed by atoms with Crippen LogP contribution in [-0.4, -0.2) is 11.2 Å². The number of benzene rings is 1. The fraction of sp³-hybridized carbons (Fsp3) is 0.300. The molecule has 0 aliphatic rings. The van der Waals surface area contributed by atoms with Crippen molar-refractivity contribution >= 4 is 43.5 Å². The molecule has 0 saturated carbocycles. The van der Waals surface area contributed by atoms with Gasteiger partial charge in [-0.1, -0.05) is 31.9 Å². The maximum atomic E-state index is 11.3. The molecule has 0 atom stereocenters. The van der Waals surface area contributed by atoms with E-state index >= 15 is 0 Å². The largest absolute Gasteiger partial charge is 0.326 e. The van der Waals surface area contributed by atoms with Crippen molar-refractivity contribution in [2.24, 2.45) is 0 Å². The Morgan fingerprint density at radius 1 is 1.50 bits per heavy atom. The van der Waals surface area contributed by atoms with Crippen LogP contribution in [0.4, 0.5) is 5.69 Å². The third-order valence-corrected chi connectivity index (χ3v) is 3.05. The van der Waals surface area contributed by atoms with Gasteiger partial charge in [0.1, 0.15) is 0 Å². The summed E-state index contributed by atoms with van der Waals surface area (Å²) in [4.78, 5) is 11.3. The Labute approximate surface area is 100 Å². The van der Waals surface area contributed by atoms with Crippen LogP contribution in [0.15, 0.2) is 22.7 Å². The van der Waals surface area contributed by atoms with E-state index in [2.05, 4.69) is 37.2 Å². The SMILES string of the molecule is Cc1cc(NC(=O)CCBr)ccc1Br. The average molecular weight is 321 g/mol. The number of halogens is 2. The molecule has 4 heteroatoms. The summed E-state index contributed by atoms with van der Waals surface area (Å²) in [6.07, 6.45) is 0.495. The minimum absolute atomic E-state index is 0.0311. The minimum Gasteiger partial charge on any atom is -0.326 e. The van der Waals surface area contributed by atoms with Gasteiger partial charge in [0, 0.05) is 21.9 Å². The van der Waals surface area contributed by atoms with Gasteiger partial charge < -0.3 is 5.32 Å². The molecule has 1 rings (SSSR count). The predicted octanol–water partition coefficient (Wildman–Crippen LogP) is 3.48. The summed E-state index contributed by atoms with van der Waals surface area (Å²) >= 11 is 6.63. The van der Waals surface area contributed by atoms with E-state index < -0.39 is 0 Å². The number of amides is 1. The third-order valence-electron chi connectivity index (χ3n) is 1.76. The first-order valence-corrected chi connectivity index (χ1v) is 6.17. The van der Waals surface area contributed by atoms with Crippen LogP contribution in [0.5, 0.6) is 0 Å². The summed E-state index contributed by atoms with van der Waals surface area (Å²) in [6, 6.07) is 5.75. The molecule has 0 bridgehead atoms. The molecule has 1 aromatic rings. The molecule has 1 aromatic carbocycles. The van der Waals surface area contributed by atoms with Gasteiger partial charge in [0.25, 0.3) is 0 Å². The van der Waals surface area contributed by atoms with Gasteiger partial charge in [0.15, 0.2) is 0 Å². The van der Waals surface area contributed by atoms with Crippen molar-refractivity contribution in [3.63, 3.8) is 0 Å². The average Bonchev–Trinajstić information content (AvgIpc) is 2.12. The summed E-state index contributed by atoms with van der Waals surface area (Å²) < 4.78 is 1.05. The highest BCUT2D eigenvalue weighted by atomic mass is 79.9. The van der Waals surface area contributed by atoms with E-state index in [1.807, 2.05) is 25.1 Å². The zero-order valence-electron chi connectivity index (χ0n) is 7.81.